The van der Waals surface area contributed by atoms with Crippen LogP contribution in [0.2, 0.25) is 0 Å². The van der Waals surface area contributed by atoms with E-state index in [2.05, 4.69) is 4.99 Å². The van der Waals surface area contributed by atoms with Gasteiger partial charge in [0.2, 0.25) is 0 Å². The summed E-state index contributed by atoms with van der Waals surface area (Å²) < 4.78 is 10.9. The second kappa shape index (κ2) is 4.01. The number of aliphatic imine (C=N–C) groups is 1. The lowest BCUT2D eigenvalue weighted by Crippen LogP contribution is -2.38. The summed E-state index contributed by atoms with van der Waals surface area (Å²) in [5.41, 5.74) is 0. The molecule has 2 unspecified atom stereocenters. The summed E-state index contributed by atoms with van der Waals surface area (Å²) >= 11 is 0. The smallest absolute Gasteiger partial charge is 0.103 e. The fourth-order valence-electron chi connectivity index (χ4n) is 1.71. The third-order valence-electron chi connectivity index (χ3n) is 2.40. The van der Waals surface area contributed by atoms with Crippen molar-refractivity contribution in [2.75, 3.05) is 19.8 Å². The zero-order chi connectivity index (χ0) is 8.23. The van der Waals surface area contributed by atoms with Gasteiger partial charge < -0.3 is 9.47 Å². The van der Waals surface area contributed by atoms with Crippen molar-refractivity contribution in [3.8, 4) is 0 Å². The highest BCUT2D eigenvalue weighted by Gasteiger charge is 2.24. The van der Waals surface area contributed by atoms with Crippen LogP contribution in [-0.2, 0) is 9.47 Å². The van der Waals surface area contributed by atoms with Crippen LogP contribution < -0.4 is 0 Å². The first-order chi connectivity index (χ1) is 5.97. The fraction of sp³-hybridized carbons (Fsp3) is 0.889. The fourth-order valence-corrected chi connectivity index (χ4v) is 1.71. The predicted octanol–water partition coefficient (Wildman–Crippen LogP) is 1.03. The van der Waals surface area contributed by atoms with E-state index in [1.165, 1.54) is 6.42 Å². The van der Waals surface area contributed by atoms with Gasteiger partial charge in [-0.2, -0.15) is 0 Å². The maximum absolute atomic E-state index is 5.58. The van der Waals surface area contributed by atoms with Crippen LogP contribution in [0.1, 0.15) is 19.3 Å². The quantitative estimate of drug-likeness (QED) is 0.587. The maximum atomic E-state index is 5.58. The number of nitrogens with zero attached hydrogens (tertiary/aromatic N) is 1. The minimum atomic E-state index is 0.218. The summed E-state index contributed by atoms with van der Waals surface area (Å²) in [5, 5.41) is 0. The zero-order valence-corrected chi connectivity index (χ0v) is 7.24. The summed E-state index contributed by atoms with van der Waals surface area (Å²) in [6.07, 6.45) is 5.77. The molecule has 0 saturated carbocycles. The van der Waals surface area contributed by atoms with Crippen LogP contribution in [0.15, 0.2) is 4.99 Å². The minimum absolute atomic E-state index is 0.218. The van der Waals surface area contributed by atoms with Crippen LogP contribution in [0, 0.1) is 0 Å². The molecule has 1 saturated heterocycles. The maximum Gasteiger partial charge on any atom is 0.103 e. The van der Waals surface area contributed by atoms with Gasteiger partial charge in [-0.1, -0.05) is 0 Å². The van der Waals surface area contributed by atoms with Crippen molar-refractivity contribution in [3.05, 3.63) is 0 Å². The van der Waals surface area contributed by atoms with E-state index in [-0.39, 0.29) is 6.10 Å². The van der Waals surface area contributed by atoms with E-state index in [0.29, 0.717) is 6.04 Å². The molecule has 2 aliphatic rings. The van der Waals surface area contributed by atoms with Crippen LogP contribution in [-0.4, -0.2) is 38.2 Å². The highest BCUT2D eigenvalue weighted by atomic mass is 16.6. The van der Waals surface area contributed by atoms with Gasteiger partial charge in [-0.25, -0.2) is 0 Å². The van der Waals surface area contributed by atoms with Gasteiger partial charge in [-0.15, -0.1) is 0 Å². The van der Waals surface area contributed by atoms with Crippen LogP contribution >= 0.6 is 0 Å². The second-order valence-electron chi connectivity index (χ2n) is 3.31. The van der Waals surface area contributed by atoms with Crippen LogP contribution in [0.5, 0.6) is 0 Å². The van der Waals surface area contributed by atoms with Gasteiger partial charge in [-0.05, 0) is 25.5 Å². The van der Waals surface area contributed by atoms with Crippen LogP contribution in [0.3, 0.4) is 0 Å². The summed E-state index contributed by atoms with van der Waals surface area (Å²) in [6.45, 7) is 2.20. The molecule has 2 heterocycles. The monoisotopic (exact) mass is 169 g/mol. The largest absolute Gasteiger partial charge is 0.376 e. The number of hydrogen-bond acceptors (Lipinski definition) is 3. The molecule has 0 aromatic heterocycles. The van der Waals surface area contributed by atoms with Gasteiger partial charge in [0.1, 0.15) is 6.10 Å². The van der Waals surface area contributed by atoms with E-state index in [1.54, 1.807) is 0 Å². The molecule has 3 nitrogen and oxygen atoms in total. The number of hydrogen-bond donors (Lipinski definition) is 0. The Kier molecular flexibility index (Phi) is 2.74. The Hall–Kier alpha value is -0.410. The molecular formula is C9H15NO2. The molecule has 0 aliphatic carbocycles. The first-order valence-corrected chi connectivity index (χ1v) is 4.68. The SMILES string of the molecule is C1=NC(C2COCCO2)CCC1. The van der Waals surface area contributed by atoms with E-state index in [0.717, 1.165) is 32.7 Å². The summed E-state index contributed by atoms with van der Waals surface area (Å²) in [7, 11) is 0. The molecule has 0 radical (unpaired) electrons. The molecule has 0 amide bonds. The lowest BCUT2D eigenvalue weighted by Gasteiger charge is -2.29. The van der Waals surface area contributed by atoms with E-state index in [4.69, 9.17) is 9.47 Å². The van der Waals surface area contributed by atoms with Crippen molar-refractivity contribution in [1.29, 1.82) is 0 Å². The molecule has 1 fully saturated rings. The summed E-state index contributed by atoms with van der Waals surface area (Å²) in [5.74, 6) is 0. The Labute approximate surface area is 72.8 Å². The molecule has 3 heteroatoms. The molecule has 0 aromatic rings. The summed E-state index contributed by atoms with van der Waals surface area (Å²) in [6, 6.07) is 0.360. The third-order valence-corrected chi connectivity index (χ3v) is 2.40. The van der Waals surface area contributed by atoms with Gasteiger partial charge in [-0.3, -0.25) is 4.99 Å². The highest BCUT2D eigenvalue weighted by Crippen LogP contribution is 2.17. The molecule has 0 spiro atoms. The molecule has 2 atom stereocenters. The molecule has 0 aromatic carbocycles. The Bertz CT molecular complexity index is 164. The Morgan fingerprint density at radius 2 is 2.33 bits per heavy atom. The lowest BCUT2D eigenvalue weighted by molar-refractivity contribution is -0.0977. The van der Waals surface area contributed by atoms with Crippen molar-refractivity contribution < 1.29 is 9.47 Å². The normalized spacial score (nSPS) is 36.7. The molecule has 2 rings (SSSR count). The average Bonchev–Trinajstić information content (AvgIpc) is 2.21. The second-order valence-corrected chi connectivity index (χ2v) is 3.31. The van der Waals surface area contributed by atoms with Gasteiger partial charge >= 0.3 is 0 Å². The van der Waals surface area contributed by atoms with Gasteiger partial charge in [0, 0.05) is 0 Å². The van der Waals surface area contributed by atoms with Gasteiger partial charge in [0.15, 0.2) is 0 Å². The molecule has 0 N–H and O–H groups in total. The first kappa shape index (κ1) is 8.20. The number of ether oxygens (including phenoxy) is 2. The minimum Gasteiger partial charge on any atom is -0.376 e. The molecule has 68 valence electrons. The molecule has 0 bridgehead atoms. The Morgan fingerprint density at radius 3 is 3.00 bits per heavy atom. The standard InChI is InChI=1S/C9H15NO2/c1-2-4-10-8(3-1)9-7-11-5-6-12-9/h4,8-9H,1-3,5-7H2. The van der Waals surface area contributed by atoms with Crippen molar-refractivity contribution in [1.82, 2.24) is 0 Å². The van der Waals surface area contributed by atoms with E-state index >= 15 is 0 Å². The van der Waals surface area contributed by atoms with E-state index < -0.39 is 0 Å². The Morgan fingerprint density at radius 1 is 1.33 bits per heavy atom. The van der Waals surface area contributed by atoms with Crippen molar-refractivity contribution in [3.63, 3.8) is 0 Å². The predicted molar refractivity (Wildman–Crippen MR) is 46.7 cm³/mol. The first-order valence-electron chi connectivity index (χ1n) is 4.68. The van der Waals surface area contributed by atoms with Crippen molar-refractivity contribution >= 4 is 6.21 Å². The van der Waals surface area contributed by atoms with Crippen LogP contribution in [0.25, 0.3) is 0 Å². The Balaban J connectivity index is 1.88. The van der Waals surface area contributed by atoms with E-state index in [9.17, 15) is 0 Å². The van der Waals surface area contributed by atoms with Crippen LogP contribution in [0.4, 0.5) is 0 Å². The van der Waals surface area contributed by atoms with Gasteiger partial charge in [0.05, 0.1) is 25.9 Å². The van der Waals surface area contributed by atoms with Crippen molar-refractivity contribution in [2.45, 2.75) is 31.4 Å². The molecular weight excluding hydrogens is 154 g/mol. The zero-order valence-electron chi connectivity index (χ0n) is 7.24. The number of rotatable bonds is 1. The average molecular weight is 169 g/mol. The highest BCUT2D eigenvalue weighted by molar-refractivity contribution is 5.58. The van der Waals surface area contributed by atoms with Crippen molar-refractivity contribution in [2.24, 2.45) is 4.99 Å². The summed E-state index contributed by atoms with van der Waals surface area (Å²) in [4.78, 5) is 4.42. The topological polar surface area (TPSA) is 30.8 Å². The van der Waals surface area contributed by atoms with Gasteiger partial charge in [0.25, 0.3) is 0 Å². The third kappa shape index (κ3) is 1.84. The van der Waals surface area contributed by atoms with E-state index in [1.807, 2.05) is 6.21 Å². The lowest BCUT2D eigenvalue weighted by atomic mass is 10.0. The molecule has 12 heavy (non-hydrogen) atoms. The molecule has 2 aliphatic heterocycles.